The number of methoxy groups -OCH3 is 1. The number of aryl methyl sites for hydroxylation is 2. The van der Waals surface area contributed by atoms with Crippen LogP contribution in [0.5, 0.6) is 0 Å². The maximum Gasteiger partial charge on any atom is 0.337 e. The summed E-state index contributed by atoms with van der Waals surface area (Å²) in [7, 11) is 3.43. The number of nitrogens with zero attached hydrogens (tertiary/aromatic N) is 1. The van der Waals surface area contributed by atoms with Crippen LogP contribution in [0.3, 0.4) is 0 Å². The SMILES string of the molecule is CNCCCn1c2c(c3cc(C(=O)OC)ccc31)CCCC2. The zero-order valence-electron chi connectivity index (χ0n) is 13.4. The molecular weight excluding hydrogens is 276 g/mol. The van der Waals surface area contributed by atoms with Crippen molar-refractivity contribution >= 4 is 16.9 Å². The molecule has 0 bridgehead atoms. The molecule has 4 nitrogen and oxygen atoms in total. The fraction of sp³-hybridized carbons (Fsp3) is 0.500. The van der Waals surface area contributed by atoms with Gasteiger partial charge in [0.25, 0.3) is 0 Å². The highest BCUT2D eigenvalue weighted by Crippen LogP contribution is 2.33. The molecule has 1 N–H and O–H groups in total. The molecule has 1 aliphatic rings. The maximum atomic E-state index is 11.8. The quantitative estimate of drug-likeness (QED) is 0.682. The molecule has 0 saturated heterocycles. The second kappa shape index (κ2) is 6.53. The molecule has 118 valence electrons. The van der Waals surface area contributed by atoms with Gasteiger partial charge in [0, 0.05) is 23.1 Å². The van der Waals surface area contributed by atoms with Crippen LogP contribution in [0.2, 0.25) is 0 Å². The maximum absolute atomic E-state index is 11.8. The molecule has 0 aliphatic heterocycles. The van der Waals surface area contributed by atoms with Crippen molar-refractivity contribution in [1.29, 1.82) is 0 Å². The van der Waals surface area contributed by atoms with Crippen molar-refractivity contribution in [2.75, 3.05) is 20.7 Å². The Labute approximate surface area is 131 Å². The minimum absolute atomic E-state index is 0.255. The highest BCUT2D eigenvalue weighted by atomic mass is 16.5. The zero-order valence-corrected chi connectivity index (χ0v) is 13.4. The normalized spacial score (nSPS) is 14.1. The molecule has 0 saturated carbocycles. The zero-order chi connectivity index (χ0) is 15.5. The summed E-state index contributed by atoms with van der Waals surface area (Å²) in [5.41, 5.74) is 4.82. The highest BCUT2D eigenvalue weighted by Gasteiger charge is 2.20. The van der Waals surface area contributed by atoms with Crippen molar-refractivity contribution in [3.05, 3.63) is 35.0 Å². The van der Waals surface area contributed by atoms with E-state index in [4.69, 9.17) is 4.74 Å². The third-order valence-electron chi connectivity index (χ3n) is 4.61. The molecule has 1 aromatic carbocycles. The number of nitrogens with one attached hydrogen (secondary N) is 1. The lowest BCUT2D eigenvalue weighted by Gasteiger charge is -2.16. The van der Waals surface area contributed by atoms with Gasteiger partial charge in [-0.1, -0.05) is 0 Å². The van der Waals surface area contributed by atoms with E-state index in [1.807, 2.05) is 19.2 Å². The molecule has 0 atom stereocenters. The first-order valence-corrected chi connectivity index (χ1v) is 8.13. The van der Waals surface area contributed by atoms with Crippen molar-refractivity contribution in [1.82, 2.24) is 9.88 Å². The van der Waals surface area contributed by atoms with E-state index >= 15 is 0 Å². The number of fused-ring (bicyclic) bond motifs is 3. The summed E-state index contributed by atoms with van der Waals surface area (Å²) in [6.45, 7) is 2.05. The Bertz CT molecular complexity index is 688. The van der Waals surface area contributed by atoms with Gasteiger partial charge >= 0.3 is 5.97 Å². The van der Waals surface area contributed by atoms with Crippen molar-refractivity contribution in [3.63, 3.8) is 0 Å². The molecule has 3 rings (SSSR count). The van der Waals surface area contributed by atoms with Crippen LogP contribution in [0, 0.1) is 0 Å². The van der Waals surface area contributed by atoms with Crippen LogP contribution in [0.25, 0.3) is 10.9 Å². The predicted molar refractivity (Wildman–Crippen MR) is 88.5 cm³/mol. The van der Waals surface area contributed by atoms with E-state index < -0.39 is 0 Å². The van der Waals surface area contributed by atoms with Gasteiger partial charge in [-0.15, -0.1) is 0 Å². The first kappa shape index (κ1) is 15.1. The van der Waals surface area contributed by atoms with Crippen LogP contribution in [-0.4, -0.2) is 31.2 Å². The lowest BCUT2D eigenvalue weighted by molar-refractivity contribution is 0.0601. The first-order valence-electron chi connectivity index (χ1n) is 8.13. The number of ether oxygens (including phenoxy) is 1. The average molecular weight is 300 g/mol. The van der Waals surface area contributed by atoms with E-state index in [-0.39, 0.29) is 5.97 Å². The van der Waals surface area contributed by atoms with E-state index in [2.05, 4.69) is 16.0 Å². The van der Waals surface area contributed by atoms with Crippen molar-refractivity contribution in [2.24, 2.45) is 0 Å². The molecular formula is C18H24N2O2. The lowest BCUT2D eigenvalue weighted by Crippen LogP contribution is -2.13. The Hall–Kier alpha value is -1.81. The predicted octanol–water partition coefficient (Wildman–Crippen LogP) is 2.92. The summed E-state index contributed by atoms with van der Waals surface area (Å²) in [6, 6.07) is 5.98. The van der Waals surface area contributed by atoms with E-state index in [9.17, 15) is 4.79 Å². The Kier molecular flexibility index (Phi) is 4.48. The average Bonchev–Trinajstić information content (AvgIpc) is 2.88. The van der Waals surface area contributed by atoms with Gasteiger partial charge in [-0.05, 0) is 69.5 Å². The van der Waals surface area contributed by atoms with Gasteiger partial charge in [-0.3, -0.25) is 0 Å². The number of esters is 1. The lowest BCUT2D eigenvalue weighted by atomic mass is 9.95. The summed E-state index contributed by atoms with van der Waals surface area (Å²) >= 11 is 0. The number of rotatable bonds is 5. The van der Waals surface area contributed by atoms with Gasteiger partial charge < -0.3 is 14.6 Å². The van der Waals surface area contributed by atoms with Crippen LogP contribution in [0.15, 0.2) is 18.2 Å². The standard InChI is InChI=1S/C18H24N2O2/c1-19-10-5-11-20-16-7-4-3-6-14(16)15-12-13(18(21)22-2)8-9-17(15)20/h8-9,12,19H,3-7,10-11H2,1-2H3. The highest BCUT2D eigenvalue weighted by molar-refractivity contribution is 5.96. The van der Waals surface area contributed by atoms with Crippen LogP contribution >= 0.6 is 0 Å². The number of carbonyl (C=O) groups is 1. The van der Waals surface area contributed by atoms with Crippen LogP contribution in [0.4, 0.5) is 0 Å². The minimum Gasteiger partial charge on any atom is -0.465 e. The molecule has 1 aliphatic carbocycles. The van der Waals surface area contributed by atoms with Crippen LogP contribution in [-0.2, 0) is 24.1 Å². The Balaban J connectivity index is 2.07. The van der Waals surface area contributed by atoms with Gasteiger partial charge in [-0.25, -0.2) is 4.79 Å². The second-order valence-corrected chi connectivity index (χ2v) is 5.96. The number of hydrogen-bond donors (Lipinski definition) is 1. The number of carbonyl (C=O) groups excluding carboxylic acids is 1. The number of aromatic nitrogens is 1. The Morgan fingerprint density at radius 1 is 1.32 bits per heavy atom. The molecule has 0 radical (unpaired) electrons. The van der Waals surface area contributed by atoms with Crippen LogP contribution < -0.4 is 5.32 Å². The molecule has 22 heavy (non-hydrogen) atoms. The monoisotopic (exact) mass is 300 g/mol. The van der Waals surface area contributed by atoms with Gasteiger partial charge in [0.1, 0.15) is 0 Å². The summed E-state index contributed by atoms with van der Waals surface area (Å²) < 4.78 is 7.32. The van der Waals surface area contributed by atoms with Crippen molar-refractivity contribution < 1.29 is 9.53 Å². The third kappa shape index (κ3) is 2.63. The number of hydrogen-bond acceptors (Lipinski definition) is 3. The van der Waals surface area contributed by atoms with Gasteiger partial charge in [0.05, 0.1) is 12.7 Å². The van der Waals surface area contributed by atoms with Gasteiger partial charge in [0.15, 0.2) is 0 Å². The van der Waals surface area contributed by atoms with Crippen molar-refractivity contribution in [2.45, 2.75) is 38.6 Å². The van der Waals surface area contributed by atoms with Crippen molar-refractivity contribution in [3.8, 4) is 0 Å². The van der Waals surface area contributed by atoms with E-state index in [0.29, 0.717) is 5.56 Å². The molecule has 0 amide bonds. The molecule has 1 aromatic heterocycles. The van der Waals surface area contributed by atoms with Gasteiger partial charge in [-0.2, -0.15) is 0 Å². The molecule has 2 aromatic rings. The van der Waals surface area contributed by atoms with Gasteiger partial charge in [0.2, 0.25) is 0 Å². The smallest absolute Gasteiger partial charge is 0.337 e. The van der Waals surface area contributed by atoms with E-state index in [0.717, 1.165) is 32.4 Å². The Morgan fingerprint density at radius 2 is 2.14 bits per heavy atom. The Morgan fingerprint density at radius 3 is 2.91 bits per heavy atom. The summed E-state index contributed by atoms with van der Waals surface area (Å²) in [5.74, 6) is -0.255. The van der Waals surface area contributed by atoms with E-state index in [1.54, 1.807) is 0 Å². The topological polar surface area (TPSA) is 43.3 Å². The third-order valence-corrected chi connectivity index (χ3v) is 4.61. The van der Waals surface area contributed by atoms with Crippen LogP contribution in [0.1, 0.15) is 40.9 Å². The molecule has 4 heteroatoms. The summed E-state index contributed by atoms with van der Waals surface area (Å²) in [6.07, 6.45) is 5.89. The summed E-state index contributed by atoms with van der Waals surface area (Å²) in [4.78, 5) is 11.8. The fourth-order valence-electron chi connectivity index (χ4n) is 3.55. The van der Waals surface area contributed by atoms with E-state index in [1.165, 1.54) is 42.1 Å². The largest absolute Gasteiger partial charge is 0.465 e. The first-order chi connectivity index (χ1) is 10.8. The number of benzene rings is 1. The molecule has 0 fully saturated rings. The fourth-order valence-corrected chi connectivity index (χ4v) is 3.55. The molecule has 1 heterocycles. The minimum atomic E-state index is -0.255. The molecule has 0 unspecified atom stereocenters. The second-order valence-electron chi connectivity index (χ2n) is 5.96. The summed E-state index contributed by atoms with van der Waals surface area (Å²) in [5, 5.41) is 4.45. The molecule has 0 spiro atoms.